The summed E-state index contributed by atoms with van der Waals surface area (Å²) in [6, 6.07) is 12.3. The molecular formula is C21H20N6O2S. The van der Waals surface area contributed by atoms with E-state index in [4.69, 9.17) is 0 Å². The molecule has 0 fully saturated rings. The molecule has 0 spiro atoms. The zero-order chi connectivity index (χ0) is 21.3. The summed E-state index contributed by atoms with van der Waals surface area (Å²) in [4.78, 5) is 29.2. The average molecular weight is 420 g/mol. The van der Waals surface area contributed by atoms with Gasteiger partial charge in [0.15, 0.2) is 5.82 Å². The first-order valence-electron chi connectivity index (χ1n) is 9.33. The van der Waals surface area contributed by atoms with E-state index < -0.39 is 0 Å². The molecule has 0 bridgehead atoms. The van der Waals surface area contributed by atoms with Crippen molar-refractivity contribution in [1.82, 2.24) is 24.5 Å². The molecule has 4 rings (SSSR count). The molecule has 152 valence electrons. The first-order valence-corrected chi connectivity index (χ1v) is 10.2. The summed E-state index contributed by atoms with van der Waals surface area (Å²) >= 11 is 1.57. The summed E-state index contributed by atoms with van der Waals surface area (Å²) in [7, 11) is 0. The highest BCUT2D eigenvalue weighted by atomic mass is 32.1. The number of nitrogens with one attached hydrogen (secondary N) is 1. The van der Waals surface area contributed by atoms with Gasteiger partial charge in [-0.25, -0.2) is 14.3 Å². The van der Waals surface area contributed by atoms with Crippen LogP contribution in [-0.4, -0.2) is 30.5 Å². The Morgan fingerprint density at radius 1 is 1.10 bits per heavy atom. The number of anilines is 1. The minimum Gasteiger partial charge on any atom is -0.324 e. The molecule has 30 heavy (non-hydrogen) atoms. The molecule has 0 aliphatic carbocycles. The smallest absolute Gasteiger partial charge is 0.267 e. The standard InChI is InChI=1S/C21H20N6O2S/c1-13-9-14(2)27(24-13)19-7-8-21(29)26(25-19)11-20(28)23-17-6-4-5-16(10-17)18-12-30-15(3)22-18/h4-10,12H,11H2,1-3H3,(H,23,28). The Balaban J connectivity index is 1.53. The summed E-state index contributed by atoms with van der Waals surface area (Å²) in [5.41, 5.74) is 3.79. The van der Waals surface area contributed by atoms with Crippen LogP contribution >= 0.6 is 11.3 Å². The SMILES string of the molecule is Cc1cc(C)n(-c2ccc(=O)n(CC(=O)Nc3cccc(-c4csc(C)n4)c3)n2)n1. The summed E-state index contributed by atoms with van der Waals surface area (Å²) in [6.45, 7) is 5.53. The topological polar surface area (TPSA) is 94.7 Å². The lowest BCUT2D eigenvalue weighted by atomic mass is 10.1. The second kappa shape index (κ2) is 8.03. The van der Waals surface area contributed by atoms with Crippen molar-refractivity contribution >= 4 is 22.9 Å². The summed E-state index contributed by atoms with van der Waals surface area (Å²) < 4.78 is 2.78. The molecule has 4 aromatic rings. The van der Waals surface area contributed by atoms with Crippen LogP contribution in [-0.2, 0) is 11.3 Å². The van der Waals surface area contributed by atoms with Crippen molar-refractivity contribution in [2.45, 2.75) is 27.3 Å². The predicted molar refractivity (Wildman–Crippen MR) is 116 cm³/mol. The number of hydrogen-bond donors (Lipinski definition) is 1. The number of rotatable bonds is 5. The Labute approximate surface area is 176 Å². The van der Waals surface area contributed by atoms with Gasteiger partial charge in [0.25, 0.3) is 5.56 Å². The summed E-state index contributed by atoms with van der Waals surface area (Å²) in [5, 5.41) is 14.5. The Kier molecular flexibility index (Phi) is 5.28. The quantitative estimate of drug-likeness (QED) is 0.535. The van der Waals surface area contributed by atoms with E-state index in [0.717, 1.165) is 32.3 Å². The molecule has 0 atom stereocenters. The molecule has 1 aromatic carbocycles. The molecule has 3 heterocycles. The molecule has 0 aliphatic heterocycles. The van der Waals surface area contributed by atoms with E-state index in [1.54, 1.807) is 28.2 Å². The average Bonchev–Trinajstić information content (AvgIpc) is 3.28. The fraction of sp³-hybridized carbons (Fsp3) is 0.190. The number of aromatic nitrogens is 5. The number of nitrogens with zero attached hydrogens (tertiary/aromatic N) is 5. The number of benzene rings is 1. The van der Waals surface area contributed by atoms with E-state index in [1.807, 2.05) is 50.4 Å². The second-order valence-electron chi connectivity index (χ2n) is 6.91. The third-order valence-electron chi connectivity index (χ3n) is 4.43. The predicted octanol–water partition coefficient (Wildman–Crippen LogP) is 3.12. The van der Waals surface area contributed by atoms with Crippen LogP contribution in [0.5, 0.6) is 0 Å². The van der Waals surface area contributed by atoms with Gasteiger partial charge in [-0.15, -0.1) is 16.4 Å². The van der Waals surface area contributed by atoms with E-state index >= 15 is 0 Å². The van der Waals surface area contributed by atoms with Crippen molar-refractivity contribution in [1.29, 1.82) is 0 Å². The molecule has 9 heteroatoms. The molecule has 3 aromatic heterocycles. The summed E-state index contributed by atoms with van der Waals surface area (Å²) in [5.74, 6) is 0.135. The van der Waals surface area contributed by atoms with Crippen LogP contribution in [0.15, 0.2) is 52.6 Å². The lowest BCUT2D eigenvalue weighted by Gasteiger charge is -2.09. The third kappa shape index (κ3) is 4.20. The highest BCUT2D eigenvalue weighted by molar-refractivity contribution is 7.09. The van der Waals surface area contributed by atoms with Gasteiger partial charge in [-0.1, -0.05) is 12.1 Å². The lowest BCUT2D eigenvalue weighted by Crippen LogP contribution is -2.30. The Bertz CT molecular complexity index is 1290. The number of carbonyl (C=O) groups is 1. The minimum atomic E-state index is -0.359. The van der Waals surface area contributed by atoms with Crippen molar-refractivity contribution in [3.63, 3.8) is 0 Å². The normalized spacial score (nSPS) is 10.9. The van der Waals surface area contributed by atoms with E-state index in [9.17, 15) is 9.59 Å². The molecule has 8 nitrogen and oxygen atoms in total. The van der Waals surface area contributed by atoms with Crippen LogP contribution in [0.25, 0.3) is 17.1 Å². The lowest BCUT2D eigenvalue weighted by molar-refractivity contribution is -0.117. The zero-order valence-corrected chi connectivity index (χ0v) is 17.6. The fourth-order valence-corrected chi connectivity index (χ4v) is 3.74. The van der Waals surface area contributed by atoms with E-state index in [1.165, 1.54) is 6.07 Å². The molecule has 0 aliphatic rings. The molecule has 0 saturated heterocycles. The maximum atomic E-state index is 12.6. The van der Waals surface area contributed by atoms with Gasteiger partial charge in [0.2, 0.25) is 5.91 Å². The van der Waals surface area contributed by atoms with Gasteiger partial charge in [0, 0.05) is 28.4 Å². The third-order valence-corrected chi connectivity index (χ3v) is 5.21. The van der Waals surface area contributed by atoms with Gasteiger partial charge < -0.3 is 5.32 Å². The molecule has 1 amide bonds. The number of carbonyl (C=O) groups excluding carboxylic acids is 1. The minimum absolute atomic E-state index is 0.202. The first kappa shape index (κ1) is 19.7. The van der Waals surface area contributed by atoms with E-state index in [-0.39, 0.29) is 18.0 Å². The molecular weight excluding hydrogens is 400 g/mol. The highest BCUT2D eigenvalue weighted by Crippen LogP contribution is 2.24. The van der Waals surface area contributed by atoms with Crippen LogP contribution in [0.1, 0.15) is 16.4 Å². The number of hydrogen-bond acceptors (Lipinski definition) is 6. The van der Waals surface area contributed by atoms with Crippen LogP contribution in [0.2, 0.25) is 0 Å². The molecule has 0 unspecified atom stereocenters. The number of thiazole rings is 1. The van der Waals surface area contributed by atoms with E-state index in [2.05, 4.69) is 20.5 Å². The van der Waals surface area contributed by atoms with Crippen LogP contribution in [0.3, 0.4) is 0 Å². The molecule has 1 N–H and O–H groups in total. The van der Waals surface area contributed by atoms with Gasteiger partial charge in [-0.3, -0.25) is 9.59 Å². The Morgan fingerprint density at radius 3 is 2.63 bits per heavy atom. The molecule has 0 radical (unpaired) electrons. The summed E-state index contributed by atoms with van der Waals surface area (Å²) in [6.07, 6.45) is 0. The van der Waals surface area contributed by atoms with Crippen molar-refractivity contribution in [2.75, 3.05) is 5.32 Å². The van der Waals surface area contributed by atoms with Crippen LogP contribution < -0.4 is 10.9 Å². The van der Waals surface area contributed by atoms with Crippen molar-refractivity contribution < 1.29 is 4.79 Å². The first-order chi connectivity index (χ1) is 14.4. The van der Waals surface area contributed by atoms with Crippen LogP contribution in [0.4, 0.5) is 5.69 Å². The van der Waals surface area contributed by atoms with Crippen molar-refractivity contribution in [3.8, 4) is 17.1 Å². The van der Waals surface area contributed by atoms with Gasteiger partial charge in [-0.2, -0.15) is 5.10 Å². The van der Waals surface area contributed by atoms with Crippen LogP contribution in [0, 0.1) is 20.8 Å². The maximum Gasteiger partial charge on any atom is 0.267 e. The number of aryl methyl sites for hydroxylation is 3. The van der Waals surface area contributed by atoms with Gasteiger partial charge in [0.05, 0.1) is 16.4 Å². The Hall–Kier alpha value is -3.59. The molecule has 0 saturated carbocycles. The monoisotopic (exact) mass is 420 g/mol. The van der Waals surface area contributed by atoms with Crippen molar-refractivity contribution in [3.05, 3.63) is 74.6 Å². The fourth-order valence-electron chi connectivity index (χ4n) is 3.11. The van der Waals surface area contributed by atoms with E-state index in [0.29, 0.717) is 11.5 Å². The van der Waals surface area contributed by atoms with Gasteiger partial charge in [-0.05, 0) is 45.0 Å². The van der Waals surface area contributed by atoms with Crippen molar-refractivity contribution in [2.24, 2.45) is 0 Å². The largest absolute Gasteiger partial charge is 0.324 e. The second-order valence-corrected chi connectivity index (χ2v) is 7.97. The maximum absolute atomic E-state index is 12.6. The number of amides is 1. The van der Waals surface area contributed by atoms with Gasteiger partial charge >= 0.3 is 0 Å². The Morgan fingerprint density at radius 2 is 1.93 bits per heavy atom. The van der Waals surface area contributed by atoms with Gasteiger partial charge in [0.1, 0.15) is 6.54 Å². The highest BCUT2D eigenvalue weighted by Gasteiger charge is 2.11. The zero-order valence-electron chi connectivity index (χ0n) is 16.8.